The number of aromatic nitrogens is 2. The predicted octanol–water partition coefficient (Wildman–Crippen LogP) is 2.26. The van der Waals surface area contributed by atoms with Gasteiger partial charge in [0.25, 0.3) is 6.43 Å². The van der Waals surface area contributed by atoms with Crippen LogP contribution in [0.1, 0.15) is 42.8 Å². The molecular formula is C17H24F2N4O. The molecule has 132 valence electrons. The molecule has 0 atom stereocenters. The van der Waals surface area contributed by atoms with Crippen molar-refractivity contribution in [3.8, 4) is 0 Å². The first-order valence-corrected chi connectivity index (χ1v) is 8.69. The van der Waals surface area contributed by atoms with Gasteiger partial charge in [-0.1, -0.05) is 0 Å². The first-order valence-electron chi connectivity index (χ1n) is 8.69. The van der Waals surface area contributed by atoms with E-state index in [4.69, 9.17) is 0 Å². The molecule has 1 aromatic rings. The van der Waals surface area contributed by atoms with E-state index in [2.05, 4.69) is 20.2 Å². The Labute approximate surface area is 140 Å². The van der Waals surface area contributed by atoms with Crippen LogP contribution in [0, 0.1) is 12.8 Å². The van der Waals surface area contributed by atoms with Crippen LogP contribution in [-0.2, 0) is 17.6 Å². The van der Waals surface area contributed by atoms with Gasteiger partial charge in [-0.3, -0.25) is 4.79 Å². The van der Waals surface area contributed by atoms with Crippen molar-refractivity contribution in [2.75, 3.05) is 24.5 Å². The van der Waals surface area contributed by atoms with Crippen LogP contribution in [0.3, 0.4) is 0 Å². The number of hydrogen-bond donors (Lipinski definition) is 1. The van der Waals surface area contributed by atoms with Gasteiger partial charge in [0.15, 0.2) is 0 Å². The number of halogens is 2. The summed E-state index contributed by atoms with van der Waals surface area (Å²) in [6.07, 6.45) is 2.84. The highest BCUT2D eigenvalue weighted by molar-refractivity contribution is 5.76. The number of anilines is 1. The molecule has 0 aromatic carbocycles. The van der Waals surface area contributed by atoms with Gasteiger partial charge in [0.2, 0.25) is 5.91 Å². The molecule has 0 bridgehead atoms. The predicted molar refractivity (Wildman–Crippen MR) is 87.4 cm³/mol. The normalized spacial score (nSPS) is 18.1. The molecular weight excluding hydrogens is 314 g/mol. The largest absolute Gasteiger partial charge is 0.356 e. The molecule has 0 spiro atoms. The highest BCUT2D eigenvalue weighted by Crippen LogP contribution is 2.31. The minimum atomic E-state index is -2.49. The molecule has 1 fully saturated rings. The molecule has 2 heterocycles. The number of hydrogen-bond acceptors (Lipinski definition) is 4. The van der Waals surface area contributed by atoms with Crippen molar-refractivity contribution in [1.29, 1.82) is 0 Å². The van der Waals surface area contributed by atoms with Gasteiger partial charge in [0.1, 0.15) is 11.6 Å². The Balaban J connectivity index is 1.55. The Morgan fingerprint density at radius 2 is 2.04 bits per heavy atom. The van der Waals surface area contributed by atoms with E-state index in [0.717, 1.165) is 56.8 Å². The Hall–Kier alpha value is -1.79. The van der Waals surface area contributed by atoms with E-state index in [1.807, 2.05) is 6.92 Å². The van der Waals surface area contributed by atoms with Crippen LogP contribution in [0.15, 0.2) is 0 Å². The maximum absolute atomic E-state index is 12.1. The molecule has 1 saturated heterocycles. The van der Waals surface area contributed by atoms with Crippen molar-refractivity contribution >= 4 is 11.7 Å². The fourth-order valence-corrected chi connectivity index (χ4v) is 3.67. The first-order chi connectivity index (χ1) is 11.5. The summed E-state index contributed by atoms with van der Waals surface area (Å²) < 4.78 is 24.2. The maximum Gasteiger partial charge on any atom is 0.255 e. The van der Waals surface area contributed by atoms with Crippen LogP contribution < -0.4 is 10.2 Å². The van der Waals surface area contributed by atoms with E-state index in [-0.39, 0.29) is 11.8 Å². The molecule has 1 aromatic heterocycles. The molecule has 3 rings (SSSR count). The fourth-order valence-electron chi connectivity index (χ4n) is 3.67. The number of piperidine rings is 1. The topological polar surface area (TPSA) is 58.1 Å². The molecule has 0 radical (unpaired) electrons. The number of nitrogens with one attached hydrogen (secondary N) is 1. The van der Waals surface area contributed by atoms with Gasteiger partial charge >= 0.3 is 0 Å². The zero-order chi connectivity index (χ0) is 17.1. The summed E-state index contributed by atoms with van der Waals surface area (Å²) >= 11 is 0. The van der Waals surface area contributed by atoms with Gasteiger partial charge in [-0.25, -0.2) is 18.7 Å². The van der Waals surface area contributed by atoms with Crippen LogP contribution in [0.5, 0.6) is 0 Å². The number of amides is 1. The molecule has 24 heavy (non-hydrogen) atoms. The van der Waals surface area contributed by atoms with Crippen molar-refractivity contribution < 1.29 is 13.6 Å². The van der Waals surface area contributed by atoms with Gasteiger partial charge in [-0.15, -0.1) is 0 Å². The lowest BCUT2D eigenvalue weighted by Gasteiger charge is -2.33. The summed E-state index contributed by atoms with van der Waals surface area (Å²) in [6.45, 7) is 3.09. The van der Waals surface area contributed by atoms with Gasteiger partial charge in [-0.05, 0) is 44.9 Å². The van der Waals surface area contributed by atoms with Crippen LogP contribution in [-0.4, -0.2) is 41.9 Å². The highest BCUT2D eigenvalue weighted by atomic mass is 19.3. The third-order valence-corrected chi connectivity index (χ3v) is 4.86. The van der Waals surface area contributed by atoms with E-state index < -0.39 is 13.0 Å². The minimum Gasteiger partial charge on any atom is -0.356 e. The number of alkyl halides is 2. The summed E-state index contributed by atoms with van der Waals surface area (Å²) in [5.41, 5.74) is 2.47. The SMILES string of the molecule is Cc1nc2c(c(N3CCC(CC(=O)NCC(F)F)CC3)n1)CCC2. The van der Waals surface area contributed by atoms with Crippen molar-refractivity contribution in [1.82, 2.24) is 15.3 Å². The Bertz CT molecular complexity index is 600. The number of rotatable bonds is 5. The third kappa shape index (κ3) is 3.99. The van der Waals surface area contributed by atoms with Crippen molar-refractivity contribution in [3.63, 3.8) is 0 Å². The average Bonchev–Trinajstić information content (AvgIpc) is 3.01. The van der Waals surface area contributed by atoms with Crippen LogP contribution >= 0.6 is 0 Å². The Kier molecular flexibility index (Phi) is 5.26. The smallest absolute Gasteiger partial charge is 0.255 e. The van der Waals surface area contributed by atoms with Crippen molar-refractivity contribution in [3.05, 3.63) is 17.1 Å². The molecule has 7 heteroatoms. The summed E-state index contributed by atoms with van der Waals surface area (Å²) in [4.78, 5) is 23.2. The van der Waals surface area contributed by atoms with Crippen molar-refractivity contribution in [2.24, 2.45) is 5.92 Å². The molecule has 1 N–H and O–H groups in total. The highest BCUT2D eigenvalue weighted by Gasteiger charge is 2.27. The quantitative estimate of drug-likeness (QED) is 0.895. The number of aryl methyl sites for hydroxylation is 2. The number of carbonyl (C=O) groups is 1. The Morgan fingerprint density at radius 1 is 1.29 bits per heavy atom. The zero-order valence-electron chi connectivity index (χ0n) is 14.0. The maximum atomic E-state index is 12.1. The van der Waals surface area contributed by atoms with Crippen LogP contribution in [0.4, 0.5) is 14.6 Å². The second-order valence-corrected chi connectivity index (χ2v) is 6.70. The third-order valence-electron chi connectivity index (χ3n) is 4.86. The number of carbonyl (C=O) groups excluding carboxylic acids is 1. The van der Waals surface area contributed by atoms with Crippen LogP contribution in [0.25, 0.3) is 0 Å². The zero-order valence-corrected chi connectivity index (χ0v) is 14.0. The summed E-state index contributed by atoms with van der Waals surface area (Å²) in [5, 5.41) is 2.29. The second-order valence-electron chi connectivity index (χ2n) is 6.70. The molecule has 5 nitrogen and oxygen atoms in total. The number of nitrogens with zero attached hydrogens (tertiary/aromatic N) is 3. The van der Waals surface area contributed by atoms with Crippen molar-refractivity contribution in [2.45, 2.75) is 51.9 Å². The molecule has 0 unspecified atom stereocenters. The summed E-state index contributed by atoms with van der Waals surface area (Å²) in [6, 6.07) is 0. The standard InChI is InChI=1S/C17H24F2N4O/c1-11-21-14-4-2-3-13(14)17(22-11)23-7-5-12(6-8-23)9-16(24)20-10-15(18)19/h12,15H,2-10H2,1H3,(H,20,24). The summed E-state index contributed by atoms with van der Waals surface area (Å²) in [7, 11) is 0. The van der Waals surface area contributed by atoms with E-state index in [0.29, 0.717) is 6.42 Å². The minimum absolute atomic E-state index is 0.259. The van der Waals surface area contributed by atoms with Gasteiger partial charge in [-0.2, -0.15) is 0 Å². The van der Waals surface area contributed by atoms with Crippen LogP contribution in [0.2, 0.25) is 0 Å². The van der Waals surface area contributed by atoms with Gasteiger partial charge in [0.05, 0.1) is 6.54 Å². The number of fused-ring (bicyclic) bond motifs is 1. The molecule has 1 aliphatic carbocycles. The molecule has 2 aliphatic rings. The van der Waals surface area contributed by atoms with Gasteiger partial charge in [0, 0.05) is 30.8 Å². The van der Waals surface area contributed by atoms with Gasteiger partial charge < -0.3 is 10.2 Å². The lowest BCUT2D eigenvalue weighted by atomic mass is 9.93. The first kappa shape index (κ1) is 17.0. The van der Waals surface area contributed by atoms with E-state index in [9.17, 15) is 13.6 Å². The molecule has 1 aliphatic heterocycles. The van der Waals surface area contributed by atoms with E-state index >= 15 is 0 Å². The lowest BCUT2D eigenvalue weighted by Crippen LogP contribution is -2.37. The molecule has 1 amide bonds. The average molecular weight is 338 g/mol. The fraction of sp³-hybridized carbons (Fsp3) is 0.706. The molecule has 0 saturated carbocycles. The van der Waals surface area contributed by atoms with E-state index in [1.54, 1.807) is 0 Å². The van der Waals surface area contributed by atoms with E-state index in [1.165, 1.54) is 11.3 Å². The Morgan fingerprint density at radius 3 is 2.75 bits per heavy atom. The lowest BCUT2D eigenvalue weighted by molar-refractivity contribution is -0.122. The second kappa shape index (κ2) is 7.40. The summed E-state index contributed by atoms with van der Waals surface area (Å²) in [5.74, 6) is 1.87. The monoisotopic (exact) mass is 338 g/mol.